The Labute approximate surface area is 71.2 Å². The van der Waals surface area contributed by atoms with Crippen LogP contribution >= 0.6 is 0 Å². The zero-order valence-electron chi connectivity index (χ0n) is 6.60. The number of aliphatic hydroxyl groups excluding tert-OH is 2. The number of hydrogen-bond acceptors (Lipinski definition) is 3. The van der Waals surface area contributed by atoms with Crippen LogP contribution in [0.4, 0.5) is 0 Å². The second-order valence-electron chi connectivity index (χ2n) is 2.39. The molecule has 0 aromatic heterocycles. The van der Waals surface area contributed by atoms with E-state index in [-0.39, 0.29) is 13.2 Å². The average molecular weight is 167 g/mol. The summed E-state index contributed by atoms with van der Waals surface area (Å²) in [7, 11) is 0. The highest BCUT2D eigenvalue weighted by molar-refractivity contribution is 5.19. The van der Waals surface area contributed by atoms with Crippen LogP contribution in [0.15, 0.2) is 24.3 Å². The lowest BCUT2D eigenvalue weighted by Gasteiger charge is -2.08. The van der Waals surface area contributed by atoms with E-state index in [1.807, 2.05) is 0 Å². The molecule has 0 heterocycles. The van der Waals surface area contributed by atoms with E-state index >= 15 is 0 Å². The van der Waals surface area contributed by atoms with Crippen LogP contribution in [0.2, 0.25) is 0 Å². The van der Waals surface area contributed by atoms with Crippen LogP contribution in [0.1, 0.15) is 0 Å². The van der Waals surface area contributed by atoms with E-state index in [0.717, 1.165) is 0 Å². The van der Waals surface area contributed by atoms with Gasteiger partial charge in [0.15, 0.2) is 0 Å². The molecule has 1 atom stereocenters. The van der Waals surface area contributed by atoms with E-state index in [0.29, 0.717) is 5.75 Å². The van der Waals surface area contributed by atoms with Crippen molar-refractivity contribution in [1.82, 2.24) is 0 Å². The van der Waals surface area contributed by atoms with Gasteiger partial charge in [-0.05, 0) is 18.2 Å². The van der Waals surface area contributed by atoms with Gasteiger partial charge in [-0.1, -0.05) is 12.1 Å². The van der Waals surface area contributed by atoms with Gasteiger partial charge in [0.05, 0.1) is 6.61 Å². The van der Waals surface area contributed by atoms with E-state index in [1.165, 1.54) is 0 Å². The Hall–Kier alpha value is -1.06. The van der Waals surface area contributed by atoms with Gasteiger partial charge in [-0.3, -0.25) is 0 Å². The third kappa shape index (κ3) is 2.90. The van der Waals surface area contributed by atoms with Crippen molar-refractivity contribution in [2.75, 3.05) is 13.2 Å². The number of hydrogen-bond donors (Lipinski definition) is 2. The minimum absolute atomic E-state index is 0.106. The summed E-state index contributed by atoms with van der Waals surface area (Å²) in [5, 5.41) is 17.4. The molecule has 1 rings (SSSR count). The van der Waals surface area contributed by atoms with Crippen LogP contribution in [0, 0.1) is 6.07 Å². The molecule has 1 aromatic carbocycles. The normalized spacial score (nSPS) is 12.5. The highest BCUT2D eigenvalue weighted by Crippen LogP contribution is 2.07. The molecule has 0 spiro atoms. The molecule has 0 saturated heterocycles. The topological polar surface area (TPSA) is 49.7 Å². The maximum atomic E-state index is 8.93. The van der Waals surface area contributed by atoms with Crippen molar-refractivity contribution in [2.45, 2.75) is 6.10 Å². The Kier molecular flexibility index (Phi) is 3.57. The van der Waals surface area contributed by atoms with Crippen molar-refractivity contribution in [3.05, 3.63) is 30.3 Å². The Bertz CT molecular complexity index is 210. The third-order valence-electron chi connectivity index (χ3n) is 1.33. The molecule has 2 N–H and O–H groups in total. The molecule has 65 valence electrons. The first-order valence-corrected chi connectivity index (χ1v) is 3.71. The second-order valence-corrected chi connectivity index (χ2v) is 2.39. The third-order valence-corrected chi connectivity index (χ3v) is 1.33. The van der Waals surface area contributed by atoms with Crippen LogP contribution in [0.3, 0.4) is 0 Å². The fraction of sp³-hybridized carbons (Fsp3) is 0.333. The lowest BCUT2D eigenvalue weighted by Crippen LogP contribution is -2.21. The van der Waals surface area contributed by atoms with Crippen molar-refractivity contribution in [1.29, 1.82) is 0 Å². The van der Waals surface area contributed by atoms with E-state index in [4.69, 9.17) is 14.9 Å². The summed E-state index contributed by atoms with van der Waals surface area (Å²) >= 11 is 0. The molecule has 3 heteroatoms. The molecular formula is C9H11O3. The minimum Gasteiger partial charge on any atom is -0.491 e. The summed E-state index contributed by atoms with van der Waals surface area (Å²) in [6.07, 6.45) is -0.815. The molecule has 1 aromatic rings. The molecule has 12 heavy (non-hydrogen) atoms. The smallest absolute Gasteiger partial charge is 0.120 e. The SMILES string of the molecule is OCC(O)COc1c[c]ccc1. The second kappa shape index (κ2) is 4.74. The van der Waals surface area contributed by atoms with Crippen LogP contribution < -0.4 is 4.74 Å². The Balaban J connectivity index is 2.33. The van der Waals surface area contributed by atoms with Crippen LogP contribution in [0.25, 0.3) is 0 Å². The highest BCUT2D eigenvalue weighted by Gasteiger charge is 2.01. The van der Waals surface area contributed by atoms with Gasteiger partial charge in [0.25, 0.3) is 0 Å². The Morgan fingerprint density at radius 2 is 2.42 bits per heavy atom. The standard InChI is InChI=1S/C9H11O3/c10-6-8(11)7-12-9-4-2-1-3-5-9/h1-2,4-5,8,10-11H,6-7H2. The first-order chi connectivity index (χ1) is 5.83. The summed E-state index contributed by atoms with van der Waals surface area (Å²) in [5.74, 6) is 0.644. The number of ether oxygens (including phenoxy) is 1. The van der Waals surface area contributed by atoms with E-state index in [2.05, 4.69) is 6.07 Å². The van der Waals surface area contributed by atoms with Crippen LogP contribution in [-0.2, 0) is 0 Å². The van der Waals surface area contributed by atoms with Crippen molar-refractivity contribution in [3.63, 3.8) is 0 Å². The molecule has 0 fully saturated rings. The van der Waals surface area contributed by atoms with E-state index in [1.54, 1.807) is 24.3 Å². The monoisotopic (exact) mass is 167 g/mol. The Morgan fingerprint density at radius 1 is 1.58 bits per heavy atom. The summed E-state index contributed by atoms with van der Waals surface area (Å²) < 4.78 is 5.12. The molecule has 1 radical (unpaired) electrons. The van der Waals surface area contributed by atoms with Gasteiger partial charge in [0.2, 0.25) is 0 Å². The van der Waals surface area contributed by atoms with Crippen LogP contribution in [-0.4, -0.2) is 29.5 Å². The number of aliphatic hydroxyl groups is 2. The first-order valence-electron chi connectivity index (χ1n) is 3.71. The predicted molar refractivity (Wildman–Crippen MR) is 43.9 cm³/mol. The lowest BCUT2D eigenvalue weighted by molar-refractivity contribution is 0.0536. The van der Waals surface area contributed by atoms with Gasteiger partial charge >= 0.3 is 0 Å². The fourth-order valence-electron chi connectivity index (χ4n) is 0.712. The maximum Gasteiger partial charge on any atom is 0.120 e. The van der Waals surface area contributed by atoms with Crippen molar-refractivity contribution >= 4 is 0 Å². The molecule has 0 aliphatic rings. The van der Waals surface area contributed by atoms with Gasteiger partial charge in [0, 0.05) is 0 Å². The molecule has 0 aliphatic heterocycles. The first kappa shape index (κ1) is 9.03. The largest absolute Gasteiger partial charge is 0.491 e. The summed E-state index contributed by atoms with van der Waals surface area (Å²) in [4.78, 5) is 0. The molecule has 0 saturated carbocycles. The molecule has 3 nitrogen and oxygen atoms in total. The summed E-state index contributed by atoms with van der Waals surface area (Å²) in [5.41, 5.74) is 0. The highest BCUT2D eigenvalue weighted by atomic mass is 16.5. The van der Waals surface area contributed by atoms with E-state index in [9.17, 15) is 0 Å². The summed E-state index contributed by atoms with van der Waals surface area (Å²) in [6, 6.07) is 9.82. The van der Waals surface area contributed by atoms with Gasteiger partial charge < -0.3 is 14.9 Å². The van der Waals surface area contributed by atoms with Crippen molar-refractivity contribution in [3.8, 4) is 5.75 Å². The maximum absolute atomic E-state index is 8.93. The molecule has 0 aliphatic carbocycles. The lowest BCUT2D eigenvalue weighted by atomic mass is 10.3. The van der Waals surface area contributed by atoms with Gasteiger partial charge in [0.1, 0.15) is 18.5 Å². The van der Waals surface area contributed by atoms with Gasteiger partial charge in [-0.15, -0.1) is 0 Å². The van der Waals surface area contributed by atoms with Crippen molar-refractivity contribution in [2.24, 2.45) is 0 Å². The van der Waals surface area contributed by atoms with E-state index < -0.39 is 6.10 Å². The van der Waals surface area contributed by atoms with Crippen LogP contribution in [0.5, 0.6) is 5.75 Å². The predicted octanol–water partition coefficient (Wildman–Crippen LogP) is 0.219. The number of benzene rings is 1. The molecule has 0 amide bonds. The zero-order valence-corrected chi connectivity index (χ0v) is 6.60. The quantitative estimate of drug-likeness (QED) is 0.674. The fourth-order valence-corrected chi connectivity index (χ4v) is 0.712. The number of rotatable bonds is 4. The van der Waals surface area contributed by atoms with Gasteiger partial charge in [-0.25, -0.2) is 0 Å². The molecule has 0 bridgehead atoms. The van der Waals surface area contributed by atoms with Crippen molar-refractivity contribution < 1.29 is 14.9 Å². The summed E-state index contributed by atoms with van der Waals surface area (Å²) in [6.45, 7) is -0.176. The molecular weight excluding hydrogens is 156 g/mol. The zero-order chi connectivity index (χ0) is 8.81. The van der Waals surface area contributed by atoms with Gasteiger partial charge in [-0.2, -0.15) is 0 Å². The minimum atomic E-state index is -0.815. The average Bonchev–Trinajstić information content (AvgIpc) is 2.16. The Morgan fingerprint density at radius 3 is 3.00 bits per heavy atom. The molecule has 1 unspecified atom stereocenters.